The highest BCUT2D eigenvalue weighted by Gasteiger charge is 2.38. The maximum atomic E-state index is 14.8. The quantitative estimate of drug-likeness (QED) is 0.864. The minimum absolute atomic E-state index is 0.0192. The zero-order valence-electron chi connectivity index (χ0n) is 9.77. The van der Waals surface area contributed by atoms with Gasteiger partial charge in [-0.15, -0.1) is 0 Å². The fourth-order valence-electron chi connectivity index (χ4n) is 2.30. The van der Waals surface area contributed by atoms with E-state index in [4.69, 9.17) is 23.2 Å². The van der Waals surface area contributed by atoms with Crippen LogP contribution in [0.5, 0.6) is 0 Å². The van der Waals surface area contributed by atoms with Crippen LogP contribution in [0.2, 0.25) is 10.0 Å². The highest BCUT2D eigenvalue weighted by molar-refractivity contribution is 6.42. The topological polar surface area (TPSA) is 12.0 Å². The standard InChI is InChI=1S/C13H16Cl2FN/c1-9-8-17-5-4-13(9,16)7-10-2-3-11(14)12(15)6-10/h2-3,6,9,17H,4-5,7-8H2,1H3. The van der Waals surface area contributed by atoms with Crippen molar-refractivity contribution < 1.29 is 4.39 Å². The lowest BCUT2D eigenvalue weighted by atomic mass is 9.80. The van der Waals surface area contributed by atoms with Gasteiger partial charge in [-0.1, -0.05) is 36.2 Å². The Labute approximate surface area is 111 Å². The average Bonchev–Trinajstić information content (AvgIpc) is 2.28. The van der Waals surface area contributed by atoms with Crippen molar-refractivity contribution in [1.29, 1.82) is 0 Å². The van der Waals surface area contributed by atoms with Gasteiger partial charge in [0.25, 0.3) is 0 Å². The molecule has 1 heterocycles. The fourth-order valence-corrected chi connectivity index (χ4v) is 2.62. The van der Waals surface area contributed by atoms with Gasteiger partial charge in [-0.3, -0.25) is 0 Å². The van der Waals surface area contributed by atoms with E-state index in [9.17, 15) is 4.39 Å². The van der Waals surface area contributed by atoms with Crippen molar-refractivity contribution in [2.75, 3.05) is 13.1 Å². The number of hydrogen-bond donors (Lipinski definition) is 1. The summed E-state index contributed by atoms with van der Waals surface area (Å²) in [5.74, 6) is 0.0192. The summed E-state index contributed by atoms with van der Waals surface area (Å²) in [5.41, 5.74) is -0.224. The third-order valence-electron chi connectivity index (χ3n) is 3.53. The second-order valence-corrected chi connectivity index (χ2v) is 5.63. The minimum Gasteiger partial charge on any atom is -0.316 e. The van der Waals surface area contributed by atoms with Crippen molar-refractivity contribution in [3.8, 4) is 0 Å². The monoisotopic (exact) mass is 275 g/mol. The Hall–Kier alpha value is -0.310. The minimum atomic E-state index is -1.14. The smallest absolute Gasteiger partial charge is 0.120 e. The molecule has 1 aliphatic heterocycles. The lowest BCUT2D eigenvalue weighted by Gasteiger charge is -2.36. The van der Waals surface area contributed by atoms with E-state index in [1.807, 2.05) is 13.0 Å². The highest BCUT2D eigenvalue weighted by Crippen LogP contribution is 2.33. The molecule has 0 amide bonds. The first-order valence-corrected chi connectivity index (χ1v) is 6.60. The van der Waals surface area contributed by atoms with Gasteiger partial charge in [-0.25, -0.2) is 4.39 Å². The summed E-state index contributed by atoms with van der Waals surface area (Å²) < 4.78 is 14.8. The van der Waals surface area contributed by atoms with Gasteiger partial charge in [0.1, 0.15) is 5.67 Å². The van der Waals surface area contributed by atoms with E-state index in [-0.39, 0.29) is 5.92 Å². The molecule has 1 fully saturated rings. The first kappa shape index (κ1) is 13.1. The third-order valence-corrected chi connectivity index (χ3v) is 4.27. The molecule has 1 aliphatic rings. The van der Waals surface area contributed by atoms with Gasteiger partial charge in [0.15, 0.2) is 0 Å². The first-order chi connectivity index (χ1) is 8.01. The third kappa shape index (κ3) is 2.93. The number of hydrogen-bond acceptors (Lipinski definition) is 1. The molecule has 0 radical (unpaired) electrons. The fraction of sp³-hybridized carbons (Fsp3) is 0.538. The summed E-state index contributed by atoms with van der Waals surface area (Å²) in [4.78, 5) is 0. The van der Waals surface area contributed by atoms with E-state index in [1.165, 1.54) is 0 Å². The van der Waals surface area contributed by atoms with Crippen molar-refractivity contribution in [2.24, 2.45) is 5.92 Å². The molecular weight excluding hydrogens is 260 g/mol. The van der Waals surface area contributed by atoms with Gasteiger partial charge < -0.3 is 5.32 Å². The molecule has 0 aliphatic carbocycles. The Morgan fingerprint density at radius 3 is 2.82 bits per heavy atom. The predicted octanol–water partition coefficient (Wildman–Crippen LogP) is 3.87. The van der Waals surface area contributed by atoms with E-state index in [1.54, 1.807) is 12.1 Å². The molecule has 0 bridgehead atoms. The van der Waals surface area contributed by atoms with Crippen molar-refractivity contribution in [3.05, 3.63) is 33.8 Å². The molecule has 1 saturated heterocycles. The number of halogens is 3. The summed E-state index contributed by atoms with van der Waals surface area (Å²) in [6, 6.07) is 5.35. The second kappa shape index (κ2) is 5.13. The normalized spacial score (nSPS) is 29.3. The average molecular weight is 276 g/mol. The van der Waals surface area contributed by atoms with Gasteiger partial charge >= 0.3 is 0 Å². The molecule has 0 aromatic heterocycles. The van der Waals surface area contributed by atoms with Crippen LogP contribution in [-0.2, 0) is 6.42 Å². The number of piperidine rings is 1. The van der Waals surface area contributed by atoms with E-state index in [0.717, 1.165) is 18.7 Å². The molecular formula is C13H16Cl2FN. The maximum absolute atomic E-state index is 14.8. The molecule has 1 aromatic carbocycles. The van der Waals surface area contributed by atoms with Gasteiger partial charge in [0, 0.05) is 18.9 Å². The maximum Gasteiger partial charge on any atom is 0.120 e. The van der Waals surface area contributed by atoms with Crippen LogP contribution in [0.15, 0.2) is 18.2 Å². The van der Waals surface area contributed by atoms with Crippen LogP contribution < -0.4 is 5.32 Å². The number of benzene rings is 1. The molecule has 0 spiro atoms. The molecule has 94 valence electrons. The Bertz CT molecular complexity index is 410. The first-order valence-electron chi connectivity index (χ1n) is 5.85. The van der Waals surface area contributed by atoms with Crippen molar-refractivity contribution in [2.45, 2.75) is 25.4 Å². The van der Waals surface area contributed by atoms with E-state index < -0.39 is 5.67 Å². The van der Waals surface area contributed by atoms with Gasteiger partial charge in [-0.05, 0) is 30.7 Å². The zero-order valence-corrected chi connectivity index (χ0v) is 11.3. The lowest BCUT2D eigenvalue weighted by molar-refractivity contribution is 0.0582. The molecule has 4 heteroatoms. The Morgan fingerprint density at radius 2 is 2.18 bits per heavy atom. The highest BCUT2D eigenvalue weighted by atomic mass is 35.5. The number of rotatable bonds is 2. The molecule has 2 atom stereocenters. The number of alkyl halides is 1. The molecule has 0 saturated carbocycles. The molecule has 2 unspecified atom stereocenters. The predicted molar refractivity (Wildman–Crippen MR) is 70.7 cm³/mol. The SMILES string of the molecule is CC1CNCCC1(F)Cc1ccc(Cl)c(Cl)c1. The Balaban J connectivity index is 2.16. The van der Waals surface area contributed by atoms with Gasteiger partial charge in [0.05, 0.1) is 10.0 Å². The van der Waals surface area contributed by atoms with Crippen molar-refractivity contribution in [3.63, 3.8) is 0 Å². The summed E-state index contributed by atoms with van der Waals surface area (Å²) in [6.45, 7) is 3.42. The van der Waals surface area contributed by atoms with Crippen molar-refractivity contribution in [1.82, 2.24) is 5.32 Å². The number of nitrogens with one attached hydrogen (secondary N) is 1. The summed E-state index contributed by atoms with van der Waals surface area (Å²) in [7, 11) is 0. The van der Waals surface area contributed by atoms with Crippen LogP contribution in [0.25, 0.3) is 0 Å². The zero-order chi connectivity index (χ0) is 12.5. The van der Waals surface area contributed by atoms with Gasteiger partial charge in [0.2, 0.25) is 0 Å². The summed E-state index contributed by atoms with van der Waals surface area (Å²) in [6.07, 6.45) is 0.959. The molecule has 1 N–H and O–H groups in total. The largest absolute Gasteiger partial charge is 0.316 e. The molecule has 2 rings (SSSR count). The van der Waals surface area contributed by atoms with Crippen LogP contribution in [-0.4, -0.2) is 18.8 Å². The molecule has 1 aromatic rings. The summed E-state index contributed by atoms with van der Waals surface area (Å²) in [5, 5.41) is 4.22. The van der Waals surface area contributed by atoms with Crippen molar-refractivity contribution >= 4 is 23.2 Å². The van der Waals surface area contributed by atoms with E-state index in [0.29, 0.717) is 22.9 Å². The van der Waals surface area contributed by atoms with Crippen LogP contribution >= 0.6 is 23.2 Å². The summed E-state index contributed by atoms with van der Waals surface area (Å²) >= 11 is 11.8. The Morgan fingerprint density at radius 1 is 1.41 bits per heavy atom. The second-order valence-electron chi connectivity index (χ2n) is 4.82. The van der Waals surface area contributed by atoms with E-state index in [2.05, 4.69) is 5.32 Å². The molecule has 17 heavy (non-hydrogen) atoms. The van der Waals surface area contributed by atoms with Crippen LogP contribution in [0.1, 0.15) is 18.9 Å². The Kier molecular flexibility index (Phi) is 3.96. The lowest BCUT2D eigenvalue weighted by Crippen LogP contribution is -2.47. The van der Waals surface area contributed by atoms with E-state index >= 15 is 0 Å². The van der Waals surface area contributed by atoms with Crippen LogP contribution in [0.3, 0.4) is 0 Å². The van der Waals surface area contributed by atoms with Crippen LogP contribution in [0.4, 0.5) is 4.39 Å². The van der Waals surface area contributed by atoms with Gasteiger partial charge in [-0.2, -0.15) is 0 Å². The molecule has 1 nitrogen and oxygen atoms in total. The van der Waals surface area contributed by atoms with Crippen LogP contribution in [0, 0.1) is 5.92 Å².